The first kappa shape index (κ1) is 13.9. The number of nitrogens with two attached hydrogens (primary N) is 1. The average Bonchev–Trinajstić information content (AvgIpc) is 2.40. The van der Waals surface area contributed by atoms with E-state index in [1.165, 1.54) is 11.1 Å². The molecular weight excluding hydrogens is 256 g/mol. The van der Waals surface area contributed by atoms with Gasteiger partial charge in [0.1, 0.15) is 0 Å². The SMILES string of the molecule is Cc1ccccc1CN(CCN)c1cccc(Cl)c1. The standard InChI is InChI=1S/C16H19ClN2/c1-13-5-2-3-6-14(13)12-19(10-9-18)16-8-4-7-15(17)11-16/h2-8,11H,9-10,12,18H2,1H3. The summed E-state index contributed by atoms with van der Waals surface area (Å²) < 4.78 is 0. The number of benzene rings is 2. The number of rotatable bonds is 5. The van der Waals surface area contributed by atoms with Gasteiger partial charge in [-0.1, -0.05) is 41.9 Å². The summed E-state index contributed by atoms with van der Waals surface area (Å²) in [5.41, 5.74) is 9.45. The average molecular weight is 275 g/mol. The maximum Gasteiger partial charge on any atom is 0.0432 e. The van der Waals surface area contributed by atoms with Crippen LogP contribution in [-0.4, -0.2) is 13.1 Å². The number of aryl methyl sites for hydroxylation is 1. The molecule has 0 saturated carbocycles. The zero-order valence-corrected chi connectivity index (χ0v) is 11.9. The highest BCUT2D eigenvalue weighted by Crippen LogP contribution is 2.22. The normalized spacial score (nSPS) is 10.5. The third-order valence-electron chi connectivity index (χ3n) is 3.19. The van der Waals surface area contributed by atoms with Crippen molar-refractivity contribution in [2.45, 2.75) is 13.5 Å². The molecule has 19 heavy (non-hydrogen) atoms. The Bertz CT molecular complexity index is 540. The Morgan fingerprint density at radius 2 is 1.89 bits per heavy atom. The van der Waals surface area contributed by atoms with Gasteiger partial charge in [0.25, 0.3) is 0 Å². The van der Waals surface area contributed by atoms with Crippen LogP contribution in [0.25, 0.3) is 0 Å². The predicted molar refractivity (Wildman–Crippen MR) is 82.7 cm³/mol. The van der Waals surface area contributed by atoms with Gasteiger partial charge in [-0.05, 0) is 36.2 Å². The van der Waals surface area contributed by atoms with Crippen molar-refractivity contribution >= 4 is 17.3 Å². The Balaban J connectivity index is 2.24. The van der Waals surface area contributed by atoms with Gasteiger partial charge in [-0.15, -0.1) is 0 Å². The second-order valence-electron chi connectivity index (χ2n) is 4.62. The van der Waals surface area contributed by atoms with Crippen LogP contribution in [0.1, 0.15) is 11.1 Å². The Morgan fingerprint density at radius 3 is 2.58 bits per heavy atom. The van der Waals surface area contributed by atoms with Crippen LogP contribution in [0.3, 0.4) is 0 Å². The van der Waals surface area contributed by atoms with Gasteiger partial charge in [-0.25, -0.2) is 0 Å². The zero-order chi connectivity index (χ0) is 13.7. The molecule has 0 saturated heterocycles. The summed E-state index contributed by atoms with van der Waals surface area (Å²) in [5.74, 6) is 0. The molecule has 0 aliphatic heterocycles. The summed E-state index contributed by atoms with van der Waals surface area (Å²) in [5, 5.41) is 0.754. The maximum atomic E-state index is 6.07. The quantitative estimate of drug-likeness (QED) is 0.902. The highest BCUT2D eigenvalue weighted by atomic mass is 35.5. The van der Waals surface area contributed by atoms with Gasteiger partial charge in [0.05, 0.1) is 0 Å². The second-order valence-corrected chi connectivity index (χ2v) is 5.05. The third-order valence-corrected chi connectivity index (χ3v) is 3.43. The van der Waals surface area contributed by atoms with Crippen molar-refractivity contribution in [2.24, 2.45) is 5.73 Å². The fraction of sp³-hybridized carbons (Fsp3) is 0.250. The summed E-state index contributed by atoms with van der Waals surface area (Å²) in [6, 6.07) is 16.3. The minimum Gasteiger partial charge on any atom is -0.366 e. The number of hydrogen-bond donors (Lipinski definition) is 1. The van der Waals surface area contributed by atoms with E-state index in [9.17, 15) is 0 Å². The largest absolute Gasteiger partial charge is 0.366 e. The van der Waals surface area contributed by atoms with Gasteiger partial charge in [0.15, 0.2) is 0 Å². The van der Waals surface area contributed by atoms with Crippen molar-refractivity contribution in [1.82, 2.24) is 0 Å². The number of halogens is 1. The van der Waals surface area contributed by atoms with Crippen LogP contribution in [-0.2, 0) is 6.54 Å². The van der Waals surface area contributed by atoms with E-state index in [4.69, 9.17) is 17.3 Å². The molecule has 0 fully saturated rings. The summed E-state index contributed by atoms with van der Waals surface area (Å²) in [4.78, 5) is 2.26. The van der Waals surface area contributed by atoms with Crippen LogP contribution in [0.2, 0.25) is 5.02 Å². The van der Waals surface area contributed by atoms with Gasteiger partial charge >= 0.3 is 0 Å². The molecule has 0 amide bonds. The molecule has 0 aromatic heterocycles. The summed E-state index contributed by atoms with van der Waals surface area (Å²) >= 11 is 6.07. The molecule has 3 heteroatoms. The lowest BCUT2D eigenvalue weighted by molar-refractivity contribution is 0.787. The number of nitrogens with zero attached hydrogens (tertiary/aromatic N) is 1. The first-order chi connectivity index (χ1) is 9.20. The van der Waals surface area contributed by atoms with Gasteiger partial charge < -0.3 is 10.6 Å². The van der Waals surface area contributed by atoms with Crippen LogP contribution in [0.5, 0.6) is 0 Å². The van der Waals surface area contributed by atoms with Crippen molar-refractivity contribution in [3.8, 4) is 0 Å². The lowest BCUT2D eigenvalue weighted by Gasteiger charge is -2.25. The van der Waals surface area contributed by atoms with Crippen molar-refractivity contribution in [3.63, 3.8) is 0 Å². The number of anilines is 1. The van der Waals surface area contributed by atoms with E-state index in [1.807, 2.05) is 18.2 Å². The molecule has 0 heterocycles. The highest BCUT2D eigenvalue weighted by molar-refractivity contribution is 6.30. The molecular formula is C16H19ClN2. The Morgan fingerprint density at radius 1 is 1.11 bits per heavy atom. The van der Waals surface area contributed by atoms with Gasteiger partial charge in [-0.2, -0.15) is 0 Å². The zero-order valence-electron chi connectivity index (χ0n) is 11.1. The molecule has 2 N–H and O–H groups in total. The van der Waals surface area contributed by atoms with Crippen LogP contribution < -0.4 is 10.6 Å². The van der Waals surface area contributed by atoms with E-state index in [1.54, 1.807) is 0 Å². The highest BCUT2D eigenvalue weighted by Gasteiger charge is 2.08. The van der Waals surface area contributed by atoms with E-state index in [0.717, 1.165) is 23.8 Å². The first-order valence-electron chi connectivity index (χ1n) is 6.46. The fourth-order valence-electron chi connectivity index (χ4n) is 2.12. The smallest absolute Gasteiger partial charge is 0.0432 e. The van der Waals surface area contributed by atoms with Crippen LogP contribution >= 0.6 is 11.6 Å². The first-order valence-corrected chi connectivity index (χ1v) is 6.83. The van der Waals surface area contributed by atoms with Crippen LogP contribution in [0.15, 0.2) is 48.5 Å². The van der Waals surface area contributed by atoms with E-state index in [-0.39, 0.29) is 0 Å². The Kier molecular flexibility index (Phi) is 4.83. The van der Waals surface area contributed by atoms with Gasteiger partial charge in [0, 0.05) is 30.3 Å². The fourth-order valence-corrected chi connectivity index (χ4v) is 2.31. The van der Waals surface area contributed by atoms with Crippen molar-refractivity contribution in [3.05, 3.63) is 64.7 Å². The number of hydrogen-bond acceptors (Lipinski definition) is 2. The maximum absolute atomic E-state index is 6.07. The molecule has 2 aromatic rings. The molecule has 0 aliphatic carbocycles. The molecule has 0 unspecified atom stereocenters. The van der Waals surface area contributed by atoms with Crippen molar-refractivity contribution in [1.29, 1.82) is 0 Å². The monoisotopic (exact) mass is 274 g/mol. The Hall–Kier alpha value is -1.51. The minimum absolute atomic E-state index is 0.623. The van der Waals surface area contributed by atoms with E-state index < -0.39 is 0 Å². The Labute approximate surface area is 119 Å². The summed E-state index contributed by atoms with van der Waals surface area (Å²) in [6.07, 6.45) is 0. The van der Waals surface area contributed by atoms with Gasteiger partial charge in [0.2, 0.25) is 0 Å². The molecule has 2 nitrogen and oxygen atoms in total. The second kappa shape index (κ2) is 6.60. The molecule has 0 aliphatic rings. The molecule has 0 radical (unpaired) electrons. The summed E-state index contributed by atoms with van der Waals surface area (Å²) in [6.45, 7) is 4.42. The lowest BCUT2D eigenvalue weighted by atomic mass is 10.1. The molecule has 0 bridgehead atoms. The lowest BCUT2D eigenvalue weighted by Crippen LogP contribution is -2.29. The molecule has 2 aromatic carbocycles. The van der Waals surface area contributed by atoms with E-state index >= 15 is 0 Å². The van der Waals surface area contributed by atoms with E-state index in [2.05, 4.69) is 42.2 Å². The summed E-state index contributed by atoms with van der Waals surface area (Å²) in [7, 11) is 0. The third kappa shape index (κ3) is 3.72. The predicted octanol–water partition coefficient (Wildman–Crippen LogP) is 3.61. The van der Waals surface area contributed by atoms with Crippen molar-refractivity contribution in [2.75, 3.05) is 18.0 Å². The van der Waals surface area contributed by atoms with Crippen molar-refractivity contribution < 1.29 is 0 Å². The molecule has 2 rings (SSSR count). The van der Waals surface area contributed by atoms with E-state index in [0.29, 0.717) is 6.54 Å². The van der Waals surface area contributed by atoms with Gasteiger partial charge in [-0.3, -0.25) is 0 Å². The molecule has 100 valence electrons. The van der Waals surface area contributed by atoms with Crippen LogP contribution in [0, 0.1) is 6.92 Å². The topological polar surface area (TPSA) is 29.3 Å². The van der Waals surface area contributed by atoms with Crippen LogP contribution in [0.4, 0.5) is 5.69 Å². The molecule has 0 spiro atoms. The molecule has 0 atom stereocenters. The minimum atomic E-state index is 0.623.